The Morgan fingerprint density at radius 3 is 2.48 bits per heavy atom. The van der Waals surface area contributed by atoms with E-state index >= 15 is 0 Å². The van der Waals surface area contributed by atoms with E-state index in [2.05, 4.69) is 19.7 Å². The number of rotatable bonds is 8. The average molecular weight is 410 g/mol. The fourth-order valence-corrected chi connectivity index (χ4v) is 4.50. The van der Waals surface area contributed by atoms with E-state index in [9.17, 15) is 8.42 Å². The van der Waals surface area contributed by atoms with Crippen molar-refractivity contribution in [3.63, 3.8) is 0 Å². The summed E-state index contributed by atoms with van der Waals surface area (Å²) in [7, 11) is -3.67. The van der Waals surface area contributed by atoms with Gasteiger partial charge in [0.2, 0.25) is 16.0 Å². The fourth-order valence-electron chi connectivity index (χ4n) is 3.17. The molecule has 0 spiro atoms. The number of ether oxygens (including phenoxy) is 1. The lowest BCUT2D eigenvalue weighted by Gasteiger charge is -2.18. The topological polar surface area (TPSA) is 103 Å². The number of hydrogen-bond acceptors (Lipinski definition) is 7. The Labute approximate surface area is 163 Å². The number of nitrogens with zero attached hydrogens (tertiary/aromatic N) is 4. The summed E-state index contributed by atoms with van der Waals surface area (Å²) in [6.07, 6.45) is 4.83. The van der Waals surface area contributed by atoms with Crippen LogP contribution in [0.2, 0.25) is 0 Å². The van der Waals surface area contributed by atoms with Crippen LogP contribution in [0.25, 0.3) is 0 Å². The molecule has 0 amide bonds. The lowest BCUT2D eigenvalue weighted by molar-refractivity contribution is 0.343. The molecule has 0 unspecified atom stereocenters. The first-order valence-corrected chi connectivity index (χ1v) is 11.6. The first kappa shape index (κ1) is 18.6. The van der Waals surface area contributed by atoms with Gasteiger partial charge in [-0.1, -0.05) is 11.8 Å². The molecule has 27 heavy (non-hydrogen) atoms. The number of hydrogen-bond donors (Lipinski definition) is 1. The summed E-state index contributed by atoms with van der Waals surface area (Å²) >= 11 is 1.64. The quantitative estimate of drug-likeness (QED) is 0.525. The summed E-state index contributed by atoms with van der Waals surface area (Å²) in [6, 6.07) is 6.66. The van der Waals surface area contributed by atoms with E-state index in [0.717, 1.165) is 29.9 Å². The Morgan fingerprint density at radius 2 is 1.85 bits per heavy atom. The summed E-state index contributed by atoms with van der Waals surface area (Å²) in [5, 5.41) is 14.9. The molecule has 1 saturated heterocycles. The maximum Gasteiger partial charge on any atom is 0.238 e. The van der Waals surface area contributed by atoms with E-state index in [1.807, 2.05) is 0 Å². The number of sulfonamides is 1. The van der Waals surface area contributed by atoms with Crippen molar-refractivity contribution in [2.24, 2.45) is 5.14 Å². The molecule has 2 aliphatic rings. The van der Waals surface area contributed by atoms with Gasteiger partial charge >= 0.3 is 0 Å². The first-order chi connectivity index (χ1) is 13.0. The molecule has 8 nitrogen and oxygen atoms in total. The minimum atomic E-state index is -3.67. The van der Waals surface area contributed by atoms with Crippen molar-refractivity contribution in [2.45, 2.75) is 41.8 Å². The largest absolute Gasteiger partial charge is 0.493 e. The number of anilines is 1. The van der Waals surface area contributed by atoms with Crippen LogP contribution >= 0.6 is 11.8 Å². The lowest BCUT2D eigenvalue weighted by Crippen LogP contribution is -2.22. The minimum Gasteiger partial charge on any atom is -0.493 e. The van der Waals surface area contributed by atoms with Crippen LogP contribution in [0, 0.1) is 0 Å². The van der Waals surface area contributed by atoms with Crippen LogP contribution in [0.4, 0.5) is 5.95 Å². The monoisotopic (exact) mass is 409 g/mol. The van der Waals surface area contributed by atoms with Gasteiger partial charge in [-0.2, -0.15) is 0 Å². The molecule has 4 rings (SSSR count). The lowest BCUT2D eigenvalue weighted by atomic mass is 10.3. The van der Waals surface area contributed by atoms with Crippen molar-refractivity contribution < 1.29 is 13.2 Å². The van der Waals surface area contributed by atoms with E-state index in [0.29, 0.717) is 18.4 Å². The maximum atomic E-state index is 11.3. The van der Waals surface area contributed by atoms with Crippen LogP contribution in [0.15, 0.2) is 34.3 Å². The predicted octanol–water partition coefficient (Wildman–Crippen LogP) is 2.03. The van der Waals surface area contributed by atoms with Gasteiger partial charge < -0.3 is 9.64 Å². The molecular formula is C17H23N5O3S2. The Morgan fingerprint density at radius 1 is 1.15 bits per heavy atom. The Kier molecular flexibility index (Phi) is 5.29. The predicted molar refractivity (Wildman–Crippen MR) is 104 cm³/mol. The molecular weight excluding hydrogens is 386 g/mol. The second-order valence-electron chi connectivity index (χ2n) is 6.79. The number of nitrogens with two attached hydrogens (primary N) is 1. The standard InChI is InChI=1S/C17H23N5O3S2/c18-27(23,24)15-7-5-14(6-8-15)25-11-12-26-17-20-19-16(21-9-1-2-10-21)22(17)13-3-4-13/h5-8,13H,1-4,9-12H2,(H2,18,23,24). The van der Waals surface area contributed by atoms with E-state index in [1.165, 1.54) is 37.8 Å². The average Bonchev–Trinajstić information content (AvgIpc) is 3.17. The summed E-state index contributed by atoms with van der Waals surface area (Å²) < 4.78 is 30.5. The third-order valence-corrected chi connectivity index (χ3v) is 6.52. The Balaban J connectivity index is 1.33. The number of aromatic nitrogens is 3. The van der Waals surface area contributed by atoms with E-state index in [4.69, 9.17) is 9.88 Å². The van der Waals surface area contributed by atoms with E-state index < -0.39 is 10.0 Å². The molecule has 2 heterocycles. The van der Waals surface area contributed by atoms with Crippen molar-refractivity contribution >= 4 is 27.7 Å². The highest BCUT2D eigenvalue weighted by Gasteiger charge is 2.32. The molecule has 0 radical (unpaired) electrons. The third-order valence-electron chi connectivity index (χ3n) is 4.68. The highest BCUT2D eigenvalue weighted by molar-refractivity contribution is 7.99. The van der Waals surface area contributed by atoms with Gasteiger partial charge in [0.25, 0.3) is 0 Å². The third kappa shape index (κ3) is 4.39. The van der Waals surface area contributed by atoms with Crippen molar-refractivity contribution in [1.29, 1.82) is 0 Å². The molecule has 10 heteroatoms. The van der Waals surface area contributed by atoms with Crippen LogP contribution in [-0.4, -0.2) is 48.6 Å². The molecule has 0 atom stereocenters. The highest BCUT2D eigenvalue weighted by Crippen LogP contribution is 2.41. The van der Waals surface area contributed by atoms with Gasteiger partial charge in [-0.3, -0.25) is 4.57 Å². The van der Waals surface area contributed by atoms with Crippen LogP contribution in [0.5, 0.6) is 5.75 Å². The van der Waals surface area contributed by atoms with Crippen molar-refractivity contribution in [3.8, 4) is 5.75 Å². The first-order valence-electron chi connectivity index (χ1n) is 9.11. The molecule has 1 aromatic heterocycles. The van der Waals surface area contributed by atoms with E-state index in [-0.39, 0.29) is 4.90 Å². The minimum absolute atomic E-state index is 0.0798. The van der Waals surface area contributed by atoms with Gasteiger partial charge in [0.05, 0.1) is 11.5 Å². The summed E-state index contributed by atoms with van der Waals surface area (Å²) in [4.78, 5) is 2.41. The molecule has 1 aliphatic heterocycles. The molecule has 2 aromatic rings. The second kappa shape index (κ2) is 7.69. The highest BCUT2D eigenvalue weighted by atomic mass is 32.2. The molecule has 1 saturated carbocycles. The number of thioether (sulfide) groups is 1. The molecule has 2 fully saturated rings. The summed E-state index contributed by atoms with van der Waals surface area (Å²) in [5.41, 5.74) is 0. The van der Waals surface area contributed by atoms with Crippen LogP contribution in [-0.2, 0) is 10.0 Å². The molecule has 1 aliphatic carbocycles. The zero-order valence-corrected chi connectivity index (χ0v) is 16.6. The van der Waals surface area contributed by atoms with Crippen LogP contribution < -0.4 is 14.8 Å². The summed E-state index contributed by atoms with van der Waals surface area (Å²) in [6.45, 7) is 2.62. The van der Waals surface area contributed by atoms with E-state index in [1.54, 1.807) is 23.9 Å². The van der Waals surface area contributed by atoms with Crippen molar-refractivity contribution in [2.75, 3.05) is 30.3 Å². The number of benzene rings is 1. The maximum absolute atomic E-state index is 11.3. The van der Waals surface area contributed by atoms with Gasteiger partial charge in [0.1, 0.15) is 5.75 Å². The van der Waals surface area contributed by atoms with Gasteiger partial charge in [-0.15, -0.1) is 10.2 Å². The SMILES string of the molecule is NS(=O)(=O)c1ccc(OCCSc2nnc(N3CCCC3)n2C2CC2)cc1. The van der Waals surface area contributed by atoms with Gasteiger partial charge in [0.15, 0.2) is 5.16 Å². The summed E-state index contributed by atoms with van der Waals surface area (Å²) in [5.74, 6) is 2.36. The van der Waals surface area contributed by atoms with Gasteiger partial charge in [0, 0.05) is 24.9 Å². The van der Waals surface area contributed by atoms with Gasteiger partial charge in [-0.25, -0.2) is 13.6 Å². The molecule has 146 valence electrons. The van der Waals surface area contributed by atoms with Crippen molar-refractivity contribution in [3.05, 3.63) is 24.3 Å². The molecule has 0 bridgehead atoms. The van der Waals surface area contributed by atoms with Crippen LogP contribution in [0.3, 0.4) is 0 Å². The Hall–Kier alpha value is -1.78. The molecule has 2 N–H and O–H groups in total. The zero-order chi connectivity index (χ0) is 18.9. The Bertz CT molecular complexity index is 888. The number of primary sulfonamides is 1. The smallest absolute Gasteiger partial charge is 0.238 e. The van der Waals surface area contributed by atoms with Crippen molar-refractivity contribution in [1.82, 2.24) is 14.8 Å². The van der Waals surface area contributed by atoms with Gasteiger partial charge in [-0.05, 0) is 49.9 Å². The normalized spacial score (nSPS) is 17.4. The second-order valence-corrected chi connectivity index (χ2v) is 9.41. The molecule has 1 aromatic carbocycles. The fraction of sp³-hybridized carbons (Fsp3) is 0.529. The zero-order valence-electron chi connectivity index (χ0n) is 15.0. The van der Waals surface area contributed by atoms with Crippen LogP contribution in [0.1, 0.15) is 31.7 Å².